The minimum absolute atomic E-state index is 0. The van der Waals surface area contributed by atoms with Gasteiger partial charge >= 0.3 is 5.97 Å². The van der Waals surface area contributed by atoms with Crippen molar-refractivity contribution in [2.75, 3.05) is 0 Å². The molecule has 0 heterocycles. The van der Waals surface area contributed by atoms with Crippen LogP contribution in [-0.2, 0) is 16.1 Å². The number of benzene rings is 1. The summed E-state index contributed by atoms with van der Waals surface area (Å²) in [6.45, 7) is 1.78. The molecule has 1 aromatic carbocycles. The fourth-order valence-electron chi connectivity index (χ4n) is 0.759. The molecule has 1 aromatic rings. The lowest BCUT2D eigenvalue weighted by atomic mass is 10.2. The summed E-state index contributed by atoms with van der Waals surface area (Å²) in [4.78, 5) is 10.4. The highest BCUT2D eigenvalue weighted by atomic mass is 16.5. The molecule has 0 spiro atoms. The second-order valence-corrected chi connectivity index (χ2v) is 2.27. The zero-order valence-corrected chi connectivity index (χ0v) is 6.41. The van der Waals surface area contributed by atoms with Gasteiger partial charge in [-0.3, -0.25) is 4.79 Å². The van der Waals surface area contributed by atoms with Gasteiger partial charge in [-0.1, -0.05) is 37.8 Å². The van der Waals surface area contributed by atoms with Crippen molar-refractivity contribution in [3.63, 3.8) is 0 Å². The third-order valence-corrected chi connectivity index (χ3v) is 1.28. The number of carbonyl (C=O) groups is 1. The summed E-state index contributed by atoms with van der Waals surface area (Å²) in [6, 6.07) is 9.60. The smallest absolute Gasteiger partial charge is 0.302 e. The van der Waals surface area contributed by atoms with Crippen LogP contribution in [0.25, 0.3) is 0 Å². The Morgan fingerprint density at radius 1 is 1.33 bits per heavy atom. The highest BCUT2D eigenvalue weighted by Gasteiger charge is 1.93. The van der Waals surface area contributed by atoms with E-state index in [4.69, 9.17) is 4.74 Å². The normalized spacial score (nSPS) is 8.42. The van der Waals surface area contributed by atoms with Crippen molar-refractivity contribution in [1.82, 2.24) is 0 Å². The molecule has 0 aliphatic heterocycles. The fourth-order valence-corrected chi connectivity index (χ4v) is 0.759. The molecule has 0 aromatic heterocycles. The third-order valence-electron chi connectivity index (χ3n) is 1.28. The Hall–Kier alpha value is -1.31. The third kappa shape index (κ3) is 3.76. The van der Waals surface area contributed by atoms with E-state index in [1.165, 1.54) is 6.92 Å². The maximum Gasteiger partial charge on any atom is 0.302 e. The van der Waals surface area contributed by atoms with Gasteiger partial charge in [0.15, 0.2) is 0 Å². The van der Waals surface area contributed by atoms with Crippen LogP contribution in [0, 0.1) is 0 Å². The number of rotatable bonds is 2. The molecule has 0 saturated carbocycles. The molecule has 0 bridgehead atoms. The lowest BCUT2D eigenvalue weighted by molar-refractivity contribution is -0.142. The van der Waals surface area contributed by atoms with E-state index in [1.807, 2.05) is 30.3 Å². The van der Waals surface area contributed by atoms with Crippen LogP contribution < -0.4 is 0 Å². The van der Waals surface area contributed by atoms with Gasteiger partial charge in [0.1, 0.15) is 6.61 Å². The molecule has 2 heteroatoms. The van der Waals surface area contributed by atoms with E-state index in [0.717, 1.165) is 5.56 Å². The standard InChI is InChI=1S/C9H10O2.CH4/c1-8(10)11-7-9-5-3-2-4-6-9;/h2-6H,7H2,1H3;1H4. The Balaban J connectivity index is 0.00000121. The topological polar surface area (TPSA) is 26.3 Å². The van der Waals surface area contributed by atoms with Crippen molar-refractivity contribution >= 4 is 5.97 Å². The minimum Gasteiger partial charge on any atom is -0.461 e. The lowest BCUT2D eigenvalue weighted by Crippen LogP contribution is -1.97. The van der Waals surface area contributed by atoms with E-state index < -0.39 is 0 Å². The van der Waals surface area contributed by atoms with Gasteiger partial charge in [-0.15, -0.1) is 0 Å². The van der Waals surface area contributed by atoms with Gasteiger partial charge in [0, 0.05) is 6.92 Å². The van der Waals surface area contributed by atoms with Gasteiger partial charge in [-0.05, 0) is 5.56 Å². The zero-order chi connectivity index (χ0) is 8.10. The van der Waals surface area contributed by atoms with Crippen molar-refractivity contribution < 1.29 is 9.53 Å². The van der Waals surface area contributed by atoms with E-state index in [2.05, 4.69) is 0 Å². The summed E-state index contributed by atoms with van der Waals surface area (Å²) < 4.78 is 4.79. The number of hydrogen-bond acceptors (Lipinski definition) is 2. The molecule has 0 saturated heterocycles. The number of hydrogen-bond donors (Lipinski definition) is 0. The Kier molecular flexibility index (Phi) is 4.77. The Labute approximate surface area is 73.2 Å². The second kappa shape index (κ2) is 5.35. The first-order valence-electron chi connectivity index (χ1n) is 3.46. The summed E-state index contributed by atoms with van der Waals surface area (Å²) in [5.41, 5.74) is 1.02. The van der Waals surface area contributed by atoms with Crippen LogP contribution in [-0.4, -0.2) is 5.97 Å². The fraction of sp³-hybridized carbons (Fsp3) is 0.300. The van der Waals surface area contributed by atoms with Crippen LogP contribution in [0.4, 0.5) is 0 Å². The summed E-state index contributed by atoms with van der Waals surface area (Å²) in [7, 11) is 0. The molecule has 2 nitrogen and oxygen atoms in total. The van der Waals surface area contributed by atoms with E-state index in [-0.39, 0.29) is 13.4 Å². The van der Waals surface area contributed by atoms with E-state index in [9.17, 15) is 4.79 Å². The highest BCUT2D eigenvalue weighted by Crippen LogP contribution is 1.99. The molecule has 0 amide bonds. The molecule has 12 heavy (non-hydrogen) atoms. The Morgan fingerprint density at radius 2 is 1.92 bits per heavy atom. The predicted octanol–water partition coefficient (Wildman–Crippen LogP) is 2.39. The van der Waals surface area contributed by atoms with Crippen LogP contribution in [0.1, 0.15) is 19.9 Å². The second-order valence-electron chi connectivity index (χ2n) is 2.27. The molecular formula is C10H14O2. The first-order chi connectivity index (χ1) is 5.29. The molecule has 0 radical (unpaired) electrons. The Morgan fingerprint density at radius 3 is 2.42 bits per heavy atom. The van der Waals surface area contributed by atoms with Gasteiger partial charge in [0.2, 0.25) is 0 Å². The number of carbonyl (C=O) groups excluding carboxylic acids is 1. The minimum atomic E-state index is -0.242. The van der Waals surface area contributed by atoms with Gasteiger partial charge < -0.3 is 4.74 Å². The predicted molar refractivity (Wildman–Crippen MR) is 48.6 cm³/mol. The molecule has 0 aliphatic rings. The number of ether oxygens (including phenoxy) is 1. The molecule has 0 fully saturated rings. The van der Waals surface area contributed by atoms with Crippen molar-refractivity contribution in [2.45, 2.75) is 21.0 Å². The highest BCUT2D eigenvalue weighted by molar-refractivity contribution is 5.65. The first-order valence-corrected chi connectivity index (χ1v) is 3.46. The van der Waals surface area contributed by atoms with Gasteiger partial charge in [0.25, 0.3) is 0 Å². The van der Waals surface area contributed by atoms with Crippen LogP contribution in [0.3, 0.4) is 0 Å². The largest absolute Gasteiger partial charge is 0.461 e. The van der Waals surface area contributed by atoms with Crippen molar-refractivity contribution in [3.8, 4) is 0 Å². The van der Waals surface area contributed by atoms with E-state index in [0.29, 0.717) is 6.61 Å². The molecule has 66 valence electrons. The first kappa shape index (κ1) is 10.7. The van der Waals surface area contributed by atoms with Crippen molar-refractivity contribution in [1.29, 1.82) is 0 Å². The maximum atomic E-state index is 10.4. The lowest BCUT2D eigenvalue weighted by Gasteiger charge is -1.99. The molecule has 1 rings (SSSR count). The summed E-state index contributed by atoms with van der Waals surface area (Å²) in [5, 5.41) is 0. The van der Waals surface area contributed by atoms with Crippen LogP contribution >= 0.6 is 0 Å². The van der Waals surface area contributed by atoms with Gasteiger partial charge in [0.05, 0.1) is 0 Å². The molecule has 0 unspecified atom stereocenters. The molecule has 0 aliphatic carbocycles. The van der Waals surface area contributed by atoms with Crippen molar-refractivity contribution in [2.24, 2.45) is 0 Å². The average Bonchev–Trinajstić information content (AvgIpc) is 2.03. The van der Waals surface area contributed by atoms with Gasteiger partial charge in [-0.2, -0.15) is 0 Å². The summed E-state index contributed by atoms with van der Waals surface area (Å²) in [6.07, 6.45) is 0. The quantitative estimate of drug-likeness (QED) is 0.630. The summed E-state index contributed by atoms with van der Waals surface area (Å²) >= 11 is 0. The SMILES string of the molecule is C.CC(=O)OCc1ccccc1. The number of esters is 1. The molecule has 0 N–H and O–H groups in total. The van der Waals surface area contributed by atoms with E-state index >= 15 is 0 Å². The van der Waals surface area contributed by atoms with Crippen LogP contribution in [0.5, 0.6) is 0 Å². The Bertz CT molecular complexity index is 229. The van der Waals surface area contributed by atoms with E-state index in [1.54, 1.807) is 0 Å². The zero-order valence-electron chi connectivity index (χ0n) is 6.41. The van der Waals surface area contributed by atoms with Crippen LogP contribution in [0.15, 0.2) is 30.3 Å². The summed E-state index contributed by atoms with van der Waals surface area (Å²) in [5.74, 6) is -0.242. The average molecular weight is 166 g/mol. The molecular weight excluding hydrogens is 152 g/mol. The van der Waals surface area contributed by atoms with Crippen LogP contribution in [0.2, 0.25) is 0 Å². The monoisotopic (exact) mass is 166 g/mol. The van der Waals surface area contributed by atoms with Crippen molar-refractivity contribution in [3.05, 3.63) is 35.9 Å². The molecule has 0 atom stereocenters. The maximum absolute atomic E-state index is 10.4. The van der Waals surface area contributed by atoms with Gasteiger partial charge in [-0.25, -0.2) is 0 Å².